The molecule has 2 aromatic rings. The topological polar surface area (TPSA) is 104 Å². The van der Waals surface area contributed by atoms with Crippen LogP contribution in [0.25, 0.3) is 0 Å². The van der Waals surface area contributed by atoms with Crippen LogP contribution in [0.2, 0.25) is 0 Å². The van der Waals surface area contributed by atoms with Crippen molar-refractivity contribution < 1.29 is 22.8 Å². The highest BCUT2D eigenvalue weighted by Crippen LogP contribution is 2.34. The van der Waals surface area contributed by atoms with Crippen LogP contribution in [-0.4, -0.2) is 42.0 Å². The number of nitrogens with zero attached hydrogens (tertiary/aromatic N) is 2. The lowest BCUT2D eigenvalue weighted by molar-refractivity contribution is -0.122. The first-order chi connectivity index (χ1) is 15.7. The normalized spacial score (nSPS) is 17.1. The number of amides is 3. The minimum atomic E-state index is -4.15. The first-order valence-corrected chi connectivity index (χ1v) is 12.6. The monoisotopic (exact) mass is 485 g/mol. The predicted octanol–water partition coefficient (Wildman–Crippen LogP) is 3.89. The smallest absolute Gasteiger partial charge is 0.252 e. The number of hydrogen-bond acceptors (Lipinski definition) is 5. The zero-order chi connectivity index (χ0) is 25.4. The fourth-order valence-corrected chi connectivity index (χ4v) is 6.03. The van der Waals surface area contributed by atoms with E-state index >= 15 is 0 Å². The van der Waals surface area contributed by atoms with Crippen molar-refractivity contribution in [3.8, 4) is 0 Å². The van der Waals surface area contributed by atoms with Crippen molar-refractivity contribution in [2.45, 2.75) is 70.4 Å². The van der Waals surface area contributed by atoms with Crippen LogP contribution >= 0.6 is 0 Å². The Balaban J connectivity index is 1.97. The maximum absolute atomic E-state index is 13.7. The van der Waals surface area contributed by atoms with E-state index in [2.05, 4.69) is 5.32 Å². The van der Waals surface area contributed by atoms with Crippen molar-refractivity contribution >= 4 is 39.1 Å². The van der Waals surface area contributed by atoms with Crippen LogP contribution < -0.4 is 10.2 Å². The molecule has 1 atom stereocenters. The second kappa shape index (κ2) is 9.31. The van der Waals surface area contributed by atoms with Crippen LogP contribution in [0, 0.1) is 0 Å². The molecule has 3 amide bonds. The summed E-state index contributed by atoms with van der Waals surface area (Å²) in [6.45, 7) is 10.5. The Bertz CT molecular complexity index is 1200. The van der Waals surface area contributed by atoms with Gasteiger partial charge in [-0.3, -0.25) is 14.4 Å². The van der Waals surface area contributed by atoms with Crippen molar-refractivity contribution in [3.63, 3.8) is 0 Å². The summed E-state index contributed by atoms with van der Waals surface area (Å²) in [7, 11) is -4.15. The maximum atomic E-state index is 13.7. The minimum Gasteiger partial charge on any atom is -0.326 e. The number of carbonyl (C=O) groups excluding carboxylic acids is 3. The summed E-state index contributed by atoms with van der Waals surface area (Å²) in [4.78, 5) is 38.6. The van der Waals surface area contributed by atoms with Gasteiger partial charge in [0.25, 0.3) is 5.91 Å². The van der Waals surface area contributed by atoms with E-state index in [1.807, 2.05) is 26.0 Å². The molecule has 0 radical (unpaired) electrons. The molecule has 1 aliphatic rings. The summed E-state index contributed by atoms with van der Waals surface area (Å²) in [6, 6.07) is 11.7. The number of nitrogens with one attached hydrogen (secondary N) is 1. The van der Waals surface area contributed by atoms with Crippen LogP contribution in [0.3, 0.4) is 0 Å². The molecule has 0 saturated carbocycles. The van der Waals surface area contributed by atoms with E-state index in [1.165, 1.54) is 31.2 Å². The molecule has 9 heteroatoms. The van der Waals surface area contributed by atoms with Gasteiger partial charge in [-0.15, -0.1) is 0 Å². The molecule has 1 fully saturated rings. The average Bonchev–Trinajstić information content (AvgIpc) is 3.00. The number of benzene rings is 2. The molecule has 0 bridgehead atoms. The summed E-state index contributed by atoms with van der Waals surface area (Å²) in [5.41, 5.74) is 0.971. The molecule has 1 unspecified atom stereocenters. The van der Waals surface area contributed by atoms with Crippen molar-refractivity contribution in [1.29, 1.82) is 0 Å². The van der Waals surface area contributed by atoms with Gasteiger partial charge in [0.2, 0.25) is 21.8 Å². The number of anilines is 2. The largest absolute Gasteiger partial charge is 0.326 e. The van der Waals surface area contributed by atoms with Crippen LogP contribution in [-0.2, 0) is 24.4 Å². The minimum absolute atomic E-state index is 0.0310. The molecular weight excluding hydrogens is 454 g/mol. The van der Waals surface area contributed by atoms with Crippen LogP contribution in [0.5, 0.6) is 0 Å². The summed E-state index contributed by atoms with van der Waals surface area (Å²) < 4.78 is 28.5. The number of rotatable bonds is 6. The predicted molar refractivity (Wildman–Crippen MR) is 131 cm³/mol. The van der Waals surface area contributed by atoms with E-state index in [4.69, 9.17) is 0 Å². The third-order valence-corrected chi connectivity index (χ3v) is 7.80. The van der Waals surface area contributed by atoms with Crippen molar-refractivity contribution in [2.75, 3.05) is 10.2 Å². The third kappa shape index (κ3) is 5.05. The molecule has 34 heavy (non-hydrogen) atoms. The molecule has 1 N–H and O–H groups in total. The van der Waals surface area contributed by atoms with Gasteiger partial charge < -0.3 is 5.32 Å². The van der Waals surface area contributed by atoms with E-state index in [9.17, 15) is 22.8 Å². The van der Waals surface area contributed by atoms with E-state index in [0.29, 0.717) is 17.3 Å². The Morgan fingerprint density at radius 2 is 1.59 bits per heavy atom. The van der Waals surface area contributed by atoms with Gasteiger partial charge >= 0.3 is 0 Å². The molecule has 0 aliphatic carbocycles. The van der Waals surface area contributed by atoms with Gasteiger partial charge in [0, 0.05) is 18.2 Å². The van der Waals surface area contributed by atoms with Gasteiger partial charge in [0.15, 0.2) is 0 Å². The molecule has 3 rings (SSSR count). The standard InChI is InChI=1S/C25H31N3O5S/c1-16(2)18-7-11-20(12-8-18)27-23(30)15-22(24(27)31)28(25(4,5)6)34(32,33)21-13-9-19(10-14-21)26-17(3)29/h7-14,16,22H,15H2,1-6H3,(H,26,29). The Morgan fingerprint density at radius 3 is 2.06 bits per heavy atom. The summed E-state index contributed by atoms with van der Waals surface area (Å²) in [5, 5.41) is 2.59. The Morgan fingerprint density at radius 1 is 1.03 bits per heavy atom. The SMILES string of the molecule is CC(=O)Nc1ccc(S(=O)(=O)N(C2CC(=O)N(c3ccc(C(C)C)cc3)C2=O)C(C)(C)C)cc1. The highest BCUT2D eigenvalue weighted by Gasteiger charge is 2.50. The fraction of sp³-hybridized carbons (Fsp3) is 0.400. The number of carbonyl (C=O) groups is 3. The zero-order valence-corrected chi connectivity index (χ0v) is 21.1. The fourth-order valence-electron chi connectivity index (χ4n) is 4.10. The molecule has 182 valence electrons. The van der Waals surface area contributed by atoms with Crippen molar-refractivity contribution in [3.05, 3.63) is 54.1 Å². The van der Waals surface area contributed by atoms with E-state index in [0.717, 1.165) is 14.8 Å². The van der Waals surface area contributed by atoms with Gasteiger partial charge in [-0.25, -0.2) is 13.3 Å². The highest BCUT2D eigenvalue weighted by atomic mass is 32.2. The Labute approximate surface area is 201 Å². The van der Waals surface area contributed by atoms with Crippen molar-refractivity contribution in [1.82, 2.24) is 4.31 Å². The van der Waals surface area contributed by atoms with E-state index in [1.54, 1.807) is 32.9 Å². The van der Waals surface area contributed by atoms with E-state index in [-0.39, 0.29) is 17.2 Å². The molecule has 8 nitrogen and oxygen atoms in total. The molecule has 0 aromatic heterocycles. The van der Waals surface area contributed by atoms with Crippen LogP contribution in [0.1, 0.15) is 59.4 Å². The quantitative estimate of drug-likeness (QED) is 0.625. The average molecular weight is 486 g/mol. The Kier molecular flexibility index (Phi) is 7.00. The molecule has 1 aliphatic heterocycles. The number of hydrogen-bond donors (Lipinski definition) is 1. The highest BCUT2D eigenvalue weighted by molar-refractivity contribution is 7.89. The Hall–Kier alpha value is -3.04. The first-order valence-electron chi connectivity index (χ1n) is 11.1. The van der Waals surface area contributed by atoms with Crippen molar-refractivity contribution in [2.24, 2.45) is 0 Å². The number of sulfonamides is 1. The van der Waals surface area contributed by atoms with E-state index < -0.39 is 33.4 Å². The maximum Gasteiger partial charge on any atom is 0.252 e. The lowest BCUT2D eigenvalue weighted by Crippen LogP contribution is -2.54. The summed E-state index contributed by atoms with van der Waals surface area (Å²) in [6.07, 6.45) is -0.245. The third-order valence-electron chi connectivity index (χ3n) is 5.62. The van der Waals surface area contributed by atoms with Gasteiger partial charge in [-0.2, -0.15) is 4.31 Å². The molecule has 0 spiro atoms. The van der Waals surface area contributed by atoms with Gasteiger partial charge in [-0.05, 0) is 68.7 Å². The van der Waals surface area contributed by atoms with Gasteiger partial charge in [0.1, 0.15) is 6.04 Å². The molecule has 1 heterocycles. The summed E-state index contributed by atoms with van der Waals surface area (Å²) >= 11 is 0. The summed E-state index contributed by atoms with van der Waals surface area (Å²) in [5.74, 6) is -0.998. The molecule has 1 saturated heterocycles. The molecule has 2 aromatic carbocycles. The second-order valence-electron chi connectivity index (χ2n) is 9.71. The zero-order valence-electron chi connectivity index (χ0n) is 20.3. The number of imide groups is 1. The van der Waals surface area contributed by atoms with Gasteiger partial charge in [-0.1, -0.05) is 26.0 Å². The lowest BCUT2D eigenvalue weighted by atomic mass is 10.0. The lowest BCUT2D eigenvalue weighted by Gasteiger charge is -2.37. The van der Waals surface area contributed by atoms with Crippen LogP contribution in [0.15, 0.2) is 53.4 Å². The first kappa shape index (κ1) is 25.6. The van der Waals surface area contributed by atoms with Crippen LogP contribution in [0.4, 0.5) is 11.4 Å². The van der Waals surface area contributed by atoms with Gasteiger partial charge in [0.05, 0.1) is 17.0 Å². The molecular formula is C25H31N3O5S. The second-order valence-corrected chi connectivity index (χ2v) is 11.5.